The minimum Gasteiger partial charge on any atom is -0.126 e. The largest absolute Gasteiger partial charge is 0.126 e. The Morgan fingerprint density at radius 1 is 1.25 bits per heavy atom. The molecule has 0 spiro atoms. The van der Waals surface area contributed by atoms with Gasteiger partial charge in [-0.3, -0.25) is 0 Å². The first-order chi connectivity index (χ1) is 7.83. The van der Waals surface area contributed by atoms with Crippen LogP contribution < -0.4 is 0 Å². The second-order valence-corrected chi connectivity index (χ2v) is 4.26. The van der Waals surface area contributed by atoms with E-state index in [1.54, 1.807) is 0 Å². The predicted molar refractivity (Wildman–Crippen MR) is 71.6 cm³/mol. The molecule has 0 radical (unpaired) electrons. The molecule has 0 aliphatic heterocycles. The Morgan fingerprint density at radius 3 is 2.69 bits per heavy atom. The first-order valence-corrected chi connectivity index (χ1v) is 6.27. The van der Waals surface area contributed by atoms with E-state index in [1.165, 1.54) is 30.4 Å². The second-order valence-electron chi connectivity index (χ2n) is 4.26. The summed E-state index contributed by atoms with van der Waals surface area (Å²) in [5.41, 5.74) is 6.15. The molecule has 1 rings (SSSR count). The summed E-state index contributed by atoms with van der Waals surface area (Å²) < 4.78 is 0. The summed E-state index contributed by atoms with van der Waals surface area (Å²) in [5, 5.41) is 0. The van der Waals surface area contributed by atoms with Crippen LogP contribution in [0, 0.1) is 0 Å². The van der Waals surface area contributed by atoms with E-state index in [1.807, 2.05) is 0 Å². The van der Waals surface area contributed by atoms with E-state index in [0.29, 0.717) is 0 Å². The zero-order chi connectivity index (χ0) is 11.6. The van der Waals surface area contributed by atoms with Gasteiger partial charge in [-0.25, -0.2) is 0 Å². The number of benzene rings is 1. The molecule has 0 saturated heterocycles. The van der Waals surface area contributed by atoms with Gasteiger partial charge in [0.05, 0.1) is 0 Å². The number of hydrogen-bond donors (Lipinski definition) is 0. The summed E-state index contributed by atoms with van der Waals surface area (Å²) in [4.78, 5) is 0. The van der Waals surface area contributed by atoms with E-state index >= 15 is 0 Å². The van der Waals surface area contributed by atoms with Crippen molar-refractivity contribution in [2.75, 3.05) is 0 Å². The van der Waals surface area contributed by atoms with Crippen LogP contribution >= 0.6 is 0 Å². The lowest BCUT2D eigenvalue weighted by molar-refractivity contribution is 0.814. The van der Waals surface area contributed by atoms with Gasteiger partial charge in [-0.2, -0.15) is 0 Å². The first-order valence-electron chi connectivity index (χ1n) is 6.27. The molecular weight excluding hydrogens is 192 g/mol. The van der Waals surface area contributed by atoms with E-state index in [4.69, 9.17) is 0 Å². The van der Waals surface area contributed by atoms with Crippen LogP contribution in [0.25, 0.3) is 0 Å². The van der Waals surface area contributed by atoms with Crippen molar-refractivity contribution in [2.24, 2.45) is 0 Å². The van der Waals surface area contributed by atoms with Crippen molar-refractivity contribution < 1.29 is 0 Å². The zero-order valence-electron chi connectivity index (χ0n) is 10.5. The van der Waals surface area contributed by atoms with Gasteiger partial charge in [0.2, 0.25) is 0 Å². The maximum Gasteiger partial charge on any atom is -0.0206 e. The molecule has 0 aliphatic rings. The lowest BCUT2D eigenvalue weighted by atomic mass is 10.1. The summed E-state index contributed by atoms with van der Waals surface area (Å²) in [6.45, 7) is 4.39. The Morgan fingerprint density at radius 2 is 2.00 bits per heavy atom. The van der Waals surface area contributed by atoms with E-state index in [2.05, 4.69) is 56.0 Å². The van der Waals surface area contributed by atoms with E-state index in [-0.39, 0.29) is 0 Å². The van der Waals surface area contributed by atoms with Crippen LogP contribution in [0.15, 0.2) is 47.7 Å². The smallest absolute Gasteiger partial charge is 0.0206 e. The molecule has 16 heavy (non-hydrogen) atoms. The highest BCUT2D eigenvalue weighted by atomic mass is 14.0. The van der Waals surface area contributed by atoms with Gasteiger partial charge >= 0.3 is 0 Å². The van der Waals surface area contributed by atoms with Crippen molar-refractivity contribution in [1.82, 2.24) is 0 Å². The van der Waals surface area contributed by atoms with Crippen molar-refractivity contribution >= 4 is 0 Å². The standard InChI is InChI=1S/C16H22/c1-3-4-5-7-10-15(2)13-14-16-11-8-6-9-12-16/h6-9,11-12H,3-5,13-14H2,1-2H3. The molecule has 1 aromatic carbocycles. The quantitative estimate of drug-likeness (QED) is 0.466. The van der Waals surface area contributed by atoms with Crippen molar-refractivity contribution in [2.45, 2.75) is 46.0 Å². The predicted octanol–water partition coefficient (Wildman–Crippen LogP) is 4.91. The minimum atomic E-state index is 1.12. The van der Waals surface area contributed by atoms with Gasteiger partial charge in [0, 0.05) is 0 Å². The monoisotopic (exact) mass is 214 g/mol. The number of aryl methyl sites for hydroxylation is 1. The van der Waals surface area contributed by atoms with Gasteiger partial charge in [-0.1, -0.05) is 43.7 Å². The minimum absolute atomic E-state index is 1.12. The highest BCUT2D eigenvalue weighted by Gasteiger charge is 1.92. The number of allylic oxidation sites excluding steroid dienone is 1. The van der Waals surface area contributed by atoms with E-state index < -0.39 is 0 Å². The van der Waals surface area contributed by atoms with Crippen LogP contribution in [0.1, 0.15) is 45.1 Å². The maximum atomic E-state index is 3.38. The highest BCUT2D eigenvalue weighted by molar-refractivity contribution is 5.16. The molecule has 0 heteroatoms. The van der Waals surface area contributed by atoms with Crippen LogP contribution in [-0.4, -0.2) is 0 Å². The molecule has 86 valence electrons. The van der Waals surface area contributed by atoms with Gasteiger partial charge in [0.25, 0.3) is 0 Å². The molecule has 0 saturated carbocycles. The van der Waals surface area contributed by atoms with E-state index in [9.17, 15) is 0 Å². The molecule has 0 amide bonds. The molecule has 0 unspecified atom stereocenters. The van der Waals surface area contributed by atoms with Crippen molar-refractivity contribution in [3.63, 3.8) is 0 Å². The van der Waals surface area contributed by atoms with E-state index in [0.717, 1.165) is 12.8 Å². The molecule has 0 bridgehead atoms. The third kappa shape index (κ3) is 5.58. The zero-order valence-corrected chi connectivity index (χ0v) is 10.5. The summed E-state index contributed by atoms with van der Waals surface area (Å²) in [6, 6.07) is 10.6. The Bertz CT molecular complexity index is 340. The molecular formula is C16H22. The van der Waals surface area contributed by atoms with Crippen molar-refractivity contribution in [1.29, 1.82) is 0 Å². The van der Waals surface area contributed by atoms with Crippen LogP contribution in [-0.2, 0) is 6.42 Å². The SMILES string of the molecule is CCCCC=C=C(C)CCc1ccccc1. The molecule has 0 nitrogen and oxygen atoms in total. The lowest BCUT2D eigenvalue weighted by Crippen LogP contribution is -1.84. The topological polar surface area (TPSA) is 0 Å². The lowest BCUT2D eigenvalue weighted by Gasteiger charge is -1.99. The highest BCUT2D eigenvalue weighted by Crippen LogP contribution is 2.07. The second kappa shape index (κ2) is 7.96. The van der Waals surface area contributed by atoms with Gasteiger partial charge in [0.15, 0.2) is 0 Å². The van der Waals surface area contributed by atoms with Crippen molar-refractivity contribution in [3.8, 4) is 0 Å². The van der Waals surface area contributed by atoms with Crippen molar-refractivity contribution in [3.05, 3.63) is 53.3 Å². The Hall–Kier alpha value is -1.26. The summed E-state index contributed by atoms with van der Waals surface area (Å²) in [7, 11) is 0. The van der Waals surface area contributed by atoms with Crippen LogP contribution in [0.5, 0.6) is 0 Å². The number of unbranched alkanes of at least 4 members (excludes halogenated alkanes) is 2. The average molecular weight is 214 g/mol. The summed E-state index contributed by atoms with van der Waals surface area (Å²) in [5.74, 6) is 0. The normalized spacial score (nSPS) is 9.62. The molecule has 0 N–H and O–H groups in total. The molecule has 0 aromatic heterocycles. The number of rotatable bonds is 6. The first kappa shape index (κ1) is 12.8. The van der Waals surface area contributed by atoms with Crippen LogP contribution in [0.3, 0.4) is 0 Å². The molecule has 1 aromatic rings. The van der Waals surface area contributed by atoms with Gasteiger partial charge < -0.3 is 0 Å². The fourth-order valence-corrected chi connectivity index (χ4v) is 1.60. The third-order valence-corrected chi connectivity index (χ3v) is 2.68. The molecule has 0 aliphatic carbocycles. The Labute approximate surface area is 99.7 Å². The third-order valence-electron chi connectivity index (χ3n) is 2.68. The average Bonchev–Trinajstić information content (AvgIpc) is 2.33. The number of hydrogen-bond acceptors (Lipinski definition) is 0. The fourth-order valence-electron chi connectivity index (χ4n) is 1.60. The molecule has 0 heterocycles. The summed E-state index contributed by atoms with van der Waals surface area (Å²) >= 11 is 0. The van der Waals surface area contributed by atoms with Gasteiger partial charge in [-0.15, -0.1) is 5.73 Å². The summed E-state index contributed by atoms with van der Waals surface area (Å²) in [6.07, 6.45) is 8.14. The van der Waals surface area contributed by atoms with Gasteiger partial charge in [-0.05, 0) is 49.8 Å². The Balaban J connectivity index is 2.35. The Kier molecular flexibility index (Phi) is 6.37. The molecule has 0 atom stereocenters. The fraction of sp³-hybridized carbons (Fsp3) is 0.438. The maximum absolute atomic E-state index is 3.38. The van der Waals surface area contributed by atoms with Crippen LogP contribution in [0.2, 0.25) is 0 Å². The van der Waals surface area contributed by atoms with Gasteiger partial charge in [0.1, 0.15) is 0 Å². The molecule has 0 fully saturated rings. The van der Waals surface area contributed by atoms with Crippen LogP contribution in [0.4, 0.5) is 0 Å².